The number of hydrogen-bond acceptors (Lipinski definition) is 2. The van der Waals surface area contributed by atoms with Crippen molar-refractivity contribution >= 4 is 5.91 Å². The summed E-state index contributed by atoms with van der Waals surface area (Å²) in [5.41, 5.74) is 0. The number of carbonyl (C=O) groups excluding carboxylic acids is 1. The lowest BCUT2D eigenvalue weighted by Gasteiger charge is -2.27. The smallest absolute Gasteiger partial charge is 0.234 e. The standard InChI is InChI=1S/C11H22N2O/c1-3-12-8-11(14)13-10-6-4-5-9(2)7-10/h9-10,12H,3-8H2,1-2H3,(H,13,14). The van der Waals surface area contributed by atoms with Crippen molar-refractivity contribution in [1.82, 2.24) is 10.6 Å². The van der Waals surface area contributed by atoms with Crippen LogP contribution in [0.5, 0.6) is 0 Å². The van der Waals surface area contributed by atoms with Crippen LogP contribution in [-0.4, -0.2) is 25.0 Å². The van der Waals surface area contributed by atoms with Crippen molar-refractivity contribution < 1.29 is 4.79 Å². The molecule has 0 saturated heterocycles. The molecule has 1 fully saturated rings. The zero-order valence-electron chi connectivity index (χ0n) is 9.31. The molecule has 1 saturated carbocycles. The summed E-state index contributed by atoms with van der Waals surface area (Å²) in [5.74, 6) is 0.916. The van der Waals surface area contributed by atoms with Crippen LogP contribution in [0.2, 0.25) is 0 Å². The first-order valence-corrected chi connectivity index (χ1v) is 5.72. The first-order valence-electron chi connectivity index (χ1n) is 5.72. The molecule has 0 aromatic rings. The third-order valence-corrected chi connectivity index (χ3v) is 2.84. The van der Waals surface area contributed by atoms with E-state index in [1.54, 1.807) is 0 Å². The molecule has 0 bridgehead atoms. The van der Waals surface area contributed by atoms with Gasteiger partial charge in [-0.15, -0.1) is 0 Å². The van der Waals surface area contributed by atoms with E-state index in [1.165, 1.54) is 12.8 Å². The minimum absolute atomic E-state index is 0.144. The molecule has 82 valence electrons. The normalized spacial score (nSPS) is 27.3. The fourth-order valence-electron chi connectivity index (χ4n) is 2.08. The molecule has 2 unspecified atom stereocenters. The van der Waals surface area contributed by atoms with Crippen molar-refractivity contribution in [2.75, 3.05) is 13.1 Å². The molecule has 14 heavy (non-hydrogen) atoms. The highest BCUT2D eigenvalue weighted by molar-refractivity contribution is 5.78. The van der Waals surface area contributed by atoms with E-state index in [0.29, 0.717) is 12.6 Å². The Balaban J connectivity index is 2.18. The fourth-order valence-corrected chi connectivity index (χ4v) is 2.08. The van der Waals surface area contributed by atoms with Crippen LogP contribution in [0.25, 0.3) is 0 Å². The van der Waals surface area contributed by atoms with Crippen molar-refractivity contribution in [2.45, 2.75) is 45.6 Å². The Labute approximate surface area is 86.6 Å². The van der Waals surface area contributed by atoms with E-state index in [4.69, 9.17) is 0 Å². The summed E-state index contributed by atoms with van der Waals surface area (Å²) in [7, 11) is 0. The number of amides is 1. The van der Waals surface area contributed by atoms with E-state index in [1.807, 2.05) is 6.92 Å². The predicted octanol–water partition coefficient (Wildman–Crippen LogP) is 1.29. The lowest BCUT2D eigenvalue weighted by atomic mass is 9.87. The molecule has 0 aromatic heterocycles. The number of likely N-dealkylation sites (N-methyl/N-ethyl adjacent to an activating group) is 1. The van der Waals surface area contributed by atoms with E-state index >= 15 is 0 Å². The largest absolute Gasteiger partial charge is 0.352 e. The van der Waals surface area contributed by atoms with Crippen molar-refractivity contribution in [3.8, 4) is 0 Å². The van der Waals surface area contributed by atoms with E-state index < -0.39 is 0 Å². The third-order valence-electron chi connectivity index (χ3n) is 2.84. The Morgan fingerprint density at radius 1 is 1.43 bits per heavy atom. The van der Waals surface area contributed by atoms with Crippen LogP contribution in [0.15, 0.2) is 0 Å². The summed E-state index contributed by atoms with van der Waals surface area (Å²) in [6.07, 6.45) is 4.88. The average molecular weight is 198 g/mol. The van der Waals surface area contributed by atoms with Crippen LogP contribution < -0.4 is 10.6 Å². The van der Waals surface area contributed by atoms with Gasteiger partial charge >= 0.3 is 0 Å². The molecule has 0 heterocycles. The van der Waals surface area contributed by atoms with Crippen LogP contribution in [0.1, 0.15) is 39.5 Å². The molecule has 3 nitrogen and oxygen atoms in total. The Morgan fingerprint density at radius 3 is 2.86 bits per heavy atom. The Kier molecular flexibility index (Phi) is 4.94. The molecule has 0 radical (unpaired) electrons. The van der Waals surface area contributed by atoms with Crippen LogP contribution >= 0.6 is 0 Å². The summed E-state index contributed by atoms with van der Waals surface area (Å²) < 4.78 is 0. The van der Waals surface area contributed by atoms with Crippen LogP contribution in [0.3, 0.4) is 0 Å². The quantitative estimate of drug-likeness (QED) is 0.714. The van der Waals surface area contributed by atoms with Gasteiger partial charge in [0, 0.05) is 6.04 Å². The lowest BCUT2D eigenvalue weighted by molar-refractivity contribution is -0.121. The minimum atomic E-state index is 0.144. The average Bonchev–Trinajstić information content (AvgIpc) is 2.15. The van der Waals surface area contributed by atoms with E-state index in [2.05, 4.69) is 17.6 Å². The maximum atomic E-state index is 11.4. The van der Waals surface area contributed by atoms with Gasteiger partial charge in [-0.25, -0.2) is 0 Å². The van der Waals surface area contributed by atoms with E-state index in [-0.39, 0.29) is 5.91 Å². The molecule has 1 rings (SSSR count). The summed E-state index contributed by atoms with van der Waals surface area (Å²) in [4.78, 5) is 11.4. The summed E-state index contributed by atoms with van der Waals surface area (Å²) >= 11 is 0. The van der Waals surface area contributed by atoms with Crippen LogP contribution in [-0.2, 0) is 4.79 Å². The molecule has 2 atom stereocenters. The Bertz CT molecular complexity index is 182. The zero-order valence-corrected chi connectivity index (χ0v) is 9.31. The maximum absolute atomic E-state index is 11.4. The van der Waals surface area contributed by atoms with Crippen LogP contribution in [0, 0.1) is 5.92 Å². The van der Waals surface area contributed by atoms with E-state index in [9.17, 15) is 4.79 Å². The molecule has 1 amide bonds. The van der Waals surface area contributed by atoms with Gasteiger partial charge in [-0.2, -0.15) is 0 Å². The monoisotopic (exact) mass is 198 g/mol. The highest BCUT2D eigenvalue weighted by Gasteiger charge is 2.19. The molecule has 2 N–H and O–H groups in total. The highest BCUT2D eigenvalue weighted by atomic mass is 16.1. The molecule has 3 heteroatoms. The van der Waals surface area contributed by atoms with Gasteiger partial charge in [-0.3, -0.25) is 4.79 Å². The third kappa shape index (κ3) is 4.09. The highest BCUT2D eigenvalue weighted by Crippen LogP contribution is 2.23. The molecular formula is C11H22N2O. The van der Waals surface area contributed by atoms with Crippen molar-refractivity contribution in [3.05, 3.63) is 0 Å². The summed E-state index contributed by atoms with van der Waals surface area (Å²) in [5, 5.41) is 6.12. The molecule has 0 aromatic carbocycles. The number of rotatable bonds is 4. The number of carbonyl (C=O) groups is 1. The summed E-state index contributed by atoms with van der Waals surface area (Å²) in [6, 6.07) is 0.421. The second-order valence-corrected chi connectivity index (χ2v) is 4.32. The maximum Gasteiger partial charge on any atom is 0.234 e. The number of nitrogens with one attached hydrogen (secondary N) is 2. The molecular weight excluding hydrogens is 176 g/mol. The first kappa shape index (κ1) is 11.5. The molecule has 1 aliphatic carbocycles. The Hall–Kier alpha value is -0.570. The van der Waals surface area contributed by atoms with Gasteiger partial charge in [0.15, 0.2) is 0 Å². The fraction of sp³-hybridized carbons (Fsp3) is 0.909. The van der Waals surface area contributed by atoms with Gasteiger partial charge < -0.3 is 10.6 Å². The second-order valence-electron chi connectivity index (χ2n) is 4.32. The molecule has 0 aliphatic heterocycles. The van der Waals surface area contributed by atoms with Crippen molar-refractivity contribution in [2.24, 2.45) is 5.92 Å². The van der Waals surface area contributed by atoms with Gasteiger partial charge in [0.2, 0.25) is 5.91 Å². The first-order chi connectivity index (χ1) is 6.72. The van der Waals surface area contributed by atoms with Gasteiger partial charge in [-0.1, -0.05) is 26.7 Å². The van der Waals surface area contributed by atoms with Gasteiger partial charge in [-0.05, 0) is 25.3 Å². The molecule has 1 aliphatic rings. The predicted molar refractivity (Wildman–Crippen MR) is 58.1 cm³/mol. The number of hydrogen-bond donors (Lipinski definition) is 2. The van der Waals surface area contributed by atoms with Crippen molar-refractivity contribution in [3.63, 3.8) is 0 Å². The lowest BCUT2D eigenvalue weighted by Crippen LogP contribution is -2.42. The zero-order chi connectivity index (χ0) is 10.4. The molecule has 0 spiro atoms. The van der Waals surface area contributed by atoms with Gasteiger partial charge in [0.1, 0.15) is 0 Å². The van der Waals surface area contributed by atoms with Crippen molar-refractivity contribution in [1.29, 1.82) is 0 Å². The minimum Gasteiger partial charge on any atom is -0.352 e. The Morgan fingerprint density at radius 2 is 2.21 bits per heavy atom. The SMILES string of the molecule is CCNCC(=O)NC1CCCC(C)C1. The summed E-state index contributed by atoms with van der Waals surface area (Å²) in [6.45, 7) is 5.59. The van der Waals surface area contributed by atoms with Gasteiger partial charge in [0.25, 0.3) is 0 Å². The van der Waals surface area contributed by atoms with E-state index in [0.717, 1.165) is 25.3 Å². The topological polar surface area (TPSA) is 41.1 Å². The van der Waals surface area contributed by atoms with Gasteiger partial charge in [0.05, 0.1) is 6.54 Å². The second kappa shape index (κ2) is 6.02. The van der Waals surface area contributed by atoms with Crippen LogP contribution in [0.4, 0.5) is 0 Å².